The van der Waals surface area contributed by atoms with Crippen molar-refractivity contribution in [2.75, 3.05) is 24.6 Å². The van der Waals surface area contributed by atoms with E-state index in [0.29, 0.717) is 29.8 Å². The van der Waals surface area contributed by atoms with Gasteiger partial charge in [-0.2, -0.15) is 0 Å². The molecule has 6 nitrogen and oxygen atoms in total. The molecule has 0 amide bonds. The van der Waals surface area contributed by atoms with Gasteiger partial charge in [0.1, 0.15) is 0 Å². The summed E-state index contributed by atoms with van der Waals surface area (Å²) in [6.45, 7) is 8.45. The molecule has 262 valence electrons. The average molecular weight is 658 g/mol. The van der Waals surface area contributed by atoms with Gasteiger partial charge in [0.2, 0.25) is 0 Å². The van der Waals surface area contributed by atoms with E-state index in [-0.39, 0.29) is 11.9 Å². The predicted molar refractivity (Wildman–Crippen MR) is 197 cm³/mol. The zero-order chi connectivity index (χ0) is 33.3. The molecular weight excluding hydrogens is 589 g/mol. The van der Waals surface area contributed by atoms with Gasteiger partial charge in [-0.1, -0.05) is 0 Å². The van der Waals surface area contributed by atoms with Crippen LogP contribution in [0.3, 0.4) is 0 Å². The molecule has 1 aliphatic rings. The fourth-order valence-electron chi connectivity index (χ4n) is 7.97. The van der Waals surface area contributed by atoms with Gasteiger partial charge in [-0.15, -0.1) is 0 Å². The number of rotatable bonds is 23. The molecule has 1 fully saturated rings. The van der Waals surface area contributed by atoms with E-state index in [1.54, 1.807) is 0 Å². The van der Waals surface area contributed by atoms with E-state index in [9.17, 15) is 9.59 Å². The fraction of sp³-hybridized carbons (Fsp3) is 0.795. The van der Waals surface area contributed by atoms with Crippen LogP contribution >= 0.6 is 6.83 Å². The maximum atomic E-state index is 14.7. The van der Waals surface area contributed by atoms with Crippen LogP contribution in [0.5, 0.6) is 0 Å². The number of hydrogen-bond donors (Lipinski definition) is 0. The normalized spacial score (nSPS) is 19.6. The molecule has 1 aromatic heterocycles. The summed E-state index contributed by atoms with van der Waals surface area (Å²) >= 11 is 0. The number of fused-ring (bicyclic) bond motifs is 1. The van der Waals surface area contributed by atoms with Crippen LogP contribution in [0.2, 0.25) is 0 Å². The number of benzene rings is 1. The van der Waals surface area contributed by atoms with Crippen LogP contribution in [-0.4, -0.2) is 51.5 Å². The number of para-hydroxylation sites is 1. The van der Waals surface area contributed by atoms with Gasteiger partial charge < -0.3 is 0 Å². The van der Waals surface area contributed by atoms with Crippen molar-refractivity contribution in [3.05, 3.63) is 24.3 Å². The summed E-state index contributed by atoms with van der Waals surface area (Å²) in [5, 5.41) is 8.52. The first-order valence-corrected chi connectivity index (χ1v) is 22.3. The third-order valence-electron chi connectivity index (χ3n) is 11.0. The van der Waals surface area contributed by atoms with Gasteiger partial charge in [-0.25, -0.2) is 0 Å². The van der Waals surface area contributed by atoms with Gasteiger partial charge in [0, 0.05) is 0 Å². The van der Waals surface area contributed by atoms with Gasteiger partial charge >= 0.3 is 282 Å². The molecule has 0 spiro atoms. The number of nitrogens with zero attached hydrogens (tertiary/aromatic N) is 3. The summed E-state index contributed by atoms with van der Waals surface area (Å²) in [4.78, 5) is 28.8. The van der Waals surface area contributed by atoms with Crippen LogP contribution in [0, 0.1) is 17.8 Å². The van der Waals surface area contributed by atoms with Crippen LogP contribution in [0.1, 0.15) is 161 Å². The van der Waals surface area contributed by atoms with Crippen LogP contribution in [0.15, 0.2) is 24.3 Å². The Morgan fingerprint density at radius 1 is 0.717 bits per heavy atom. The molecule has 0 aliphatic heterocycles. The first-order valence-electron chi connectivity index (χ1n) is 19.4. The first-order chi connectivity index (χ1) is 22.3. The van der Waals surface area contributed by atoms with Crippen molar-refractivity contribution in [3.63, 3.8) is 0 Å². The van der Waals surface area contributed by atoms with Crippen LogP contribution in [0.25, 0.3) is 11.0 Å². The van der Waals surface area contributed by atoms with Crippen molar-refractivity contribution in [1.29, 1.82) is 0 Å². The monoisotopic (exact) mass is 657 g/mol. The Hall–Kier alpha value is -1.81. The maximum absolute atomic E-state index is 14.7. The standard InChI is InChI=1S/C39H68N3O3P/c1-6-10-14-15-16-17-18-19-20-23-31-46(28-11-7-2,29-12-8-3,30-13-9-4)45-39(44)34-27-26-33(5)32-35(34)38(43)42-37-25-22-21-24-36(37)40-41-42/h21-22,24-25,33-35H,6-20,23,26-32H2,1-5H3. The summed E-state index contributed by atoms with van der Waals surface area (Å²) < 4.78 is 8.72. The van der Waals surface area contributed by atoms with Gasteiger partial charge in [0.25, 0.3) is 0 Å². The SMILES string of the molecule is CCCCCCCCCCCCP(CCCC)(CCCC)(CCCC)OC(=O)C1CCC(C)CC1C(=O)n1nnc2ccccc21. The van der Waals surface area contributed by atoms with Crippen LogP contribution in [0.4, 0.5) is 0 Å². The number of unbranched alkanes of at least 4 members (excludes halogenated alkanes) is 12. The molecule has 0 bridgehead atoms. The summed E-state index contributed by atoms with van der Waals surface area (Å²) in [5.74, 6) is -0.638. The molecular formula is C39H68N3O3P. The topological polar surface area (TPSA) is 74.1 Å². The zero-order valence-electron chi connectivity index (χ0n) is 30.3. The van der Waals surface area contributed by atoms with Gasteiger partial charge in [0.15, 0.2) is 0 Å². The average Bonchev–Trinajstić information content (AvgIpc) is 3.50. The molecule has 46 heavy (non-hydrogen) atoms. The molecule has 3 unspecified atom stereocenters. The van der Waals surface area contributed by atoms with Crippen molar-refractivity contribution in [2.45, 2.75) is 157 Å². The second-order valence-electron chi connectivity index (χ2n) is 14.9. The summed E-state index contributed by atoms with van der Waals surface area (Å²) in [6, 6.07) is 7.60. The zero-order valence-corrected chi connectivity index (χ0v) is 31.2. The predicted octanol–water partition coefficient (Wildman–Crippen LogP) is 11.5. The number of aromatic nitrogens is 3. The molecule has 3 atom stereocenters. The Kier molecular flexibility index (Phi) is 16.7. The second kappa shape index (κ2) is 19.9. The third kappa shape index (κ3) is 10.9. The minimum atomic E-state index is -2.84. The molecule has 1 saturated carbocycles. The first kappa shape index (κ1) is 38.6. The van der Waals surface area contributed by atoms with E-state index >= 15 is 0 Å². The van der Waals surface area contributed by atoms with E-state index in [0.717, 1.165) is 76.0 Å². The number of carbonyl (C=O) groups excluding carboxylic acids is 2. The van der Waals surface area contributed by atoms with E-state index in [1.165, 1.54) is 62.5 Å². The molecule has 1 aliphatic carbocycles. The van der Waals surface area contributed by atoms with E-state index in [1.807, 2.05) is 24.3 Å². The van der Waals surface area contributed by atoms with E-state index in [2.05, 4.69) is 44.9 Å². The van der Waals surface area contributed by atoms with E-state index in [4.69, 9.17) is 4.52 Å². The molecule has 0 saturated heterocycles. The Balaban J connectivity index is 1.83. The Morgan fingerprint density at radius 2 is 1.24 bits per heavy atom. The number of carbonyl (C=O) groups is 2. The Labute approximate surface area is 281 Å². The molecule has 0 radical (unpaired) electrons. The van der Waals surface area contributed by atoms with Gasteiger partial charge in [-0.05, 0) is 0 Å². The van der Waals surface area contributed by atoms with Gasteiger partial charge in [0.05, 0.1) is 0 Å². The molecule has 2 aromatic rings. The Bertz CT molecular complexity index is 1160. The molecule has 0 N–H and O–H groups in total. The summed E-state index contributed by atoms with van der Waals surface area (Å²) in [6.07, 6.45) is 26.4. The molecule has 7 heteroatoms. The van der Waals surface area contributed by atoms with Gasteiger partial charge in [-0.3, -0.25) is 0 Å². The number of hydrogen-bond acceptors (Lipinski definition) is 5. The fourth-order valence-corrected chi connectivity index (χ4v) is 14.7. The molecule has 3 rings (SSSR count). The van der Waals surface area contributed by atoms with Crippen LogP contribution in [-0.2, 0) is 9.32 Å². The van der Waals surface area contributed by atoms with Crippen molar-refractivity contribution >= 4 is 29.7 Å². The van der Waals surface area contributed by atoms with Crippen molar-refractivity contribution in [2.24, 2.45) is 17.8 Å². The quantitative estimate of drug-likeness (QED) is 0.0878. The van der Waals surface area contributed by atoms with E-state index < -0.39 is 18.7 Å². The molecule has 1 aromatic carbocycles. The third-order valence-corrected chi connectivity index (χ3v) is 17.4. The van der Waals surface area contributed by atoms with Crippen molar-refractivity contribution < 1.29 is 14.1 Å². The molecule has 1 heterocycles. The van der Waals surface area contributed by atoms with Crippen molar-refractivity contribution in [1.82, 2.24) is 15.0 Å². The minimum absolute atomic E-state index is 0.0808. The van der Waals surface area contributed by atoms with Crippen molar-refractivity contribution in [3.8, 4) is 0 Å². The van der Waals surface area contributed by atoms with Crippen LogP contribution < -0.4 is 0 Å². The second-order valence-corrected chi connectivity index (χ2v) is 20.6. The Morgan fingerprint density at radius 3 is 1.83 bits per heavy atom. The summed E-state index contributed by atoms with van der Waals surface area (Å²) in [7, 11) is 0. The summed E-state index contributed by atoms with van der Waals surface area (Å²) in [5.41, 5.74) is 1.42.